The highest BCUT2D eigenvalue weighted by Gasteiger charge is 2.32. The highest BCUT2D eigenvalue weighted by Crippen LogP contribution is 2.39. The van der Waals surface area contributed by atoms with Gasteiger partial charge in [0.25, 0.3) is 5.91 Å². The van der Waals surface area contributed by atoms with Gasteiger partial charge in [-0.25, -0.2) is 9.18 Å². The second kappa shape index (κ2) is 9.43. The molecule has 0 aliphatic heterocycles. The highest BCUT2D eigenvalue weighted by molar-refractivity contribution is 6.35. The predicted octanol–water partition coefficient (Wildman–Crippen LogP) is 4.83. The van der Waals surface area contributed by atoms with E-state index in [1.165, 1.54) is 12.1 Å². The zero-order valence-electron chi connectivity index (χ0n) is 18.5. The number of nitrogens with one attached hydrogen (secondary N) is 1. The molecular formula is C25H26ClFN2O4. The number of ether oxygens (including phenoxy) is 1. The zero-order chi connectivity index (χ0) is 23.7. The number of nitrogens with zero attached hydrogens (tertiary/aromatic N) is 1. The van der Waals surface area contributed by atoms with Crippen molar-refractivity contribution in [2.75, 3.05) is 6.61 Å². The summed E-state index contributed by atoms with van der Waals surface area (Å²) in [4.78, 5) is 24.5. The van der Waals surface area contributed by atoms with Crippen LogP contribution in [0.3, 0.4) is 0 Å². The number of rotatable bonds is 7. The average molecular weight is 473 g/mol. The van der Waals surface area contributed by atoms with E-state index in [1.807, 2.05) is 31.2 Å². The number of aryl methyl sites for hydroxylation is 1. The topological polar surface area (TPSA) is 80.6 Å². The molecule has 0 fully saturated rings. The molecule has 0 spiro atoms. The summed E-state index contributed by atoms with van der Waals surface area (Å²) in [5.74, 6) is -1.02. The number of hydrogen-bond acceptors (Lipinski definition) is 3. The summed E-state index contributed by atoms with van der Waals surface area (Å²) in [6.07, 6.45) is 2.02. The Morgan fingerprint density at radius 1 is 1.33 bits per heavy atom. The van der Waals surface area contributed by atoms with Crippen molar-refractivity contribution in [3.05, 3.63) is 64.1 Å². The lowest BCUT2D eigenvalue weighted by Crippen LogP contribution is -2.41. The van der Waals surface area contributed by atoms with Crippen LogP contribution in [-0.4, -0.2) is 34.2 Å². The Balaban J connectivity index is 1.59. The van der Waals surface area contributed by atoms with Gasteiger partial charge in [-0.05, 0) is 61.9 Å². The van der Waals surface area contributed by atoms with Gasteiger partial charge in [0.1, 0.15) is 17.6 Å². The summed E-state index contributed by atoms with van der Waals surface area (Å²) >= 11 is 6.39. The van der Waals surface area contributed by atoms with Crippen molar-refractivity contribution in [2.45, 2.75) is 51.6 Å². The Morgan fingerprint density at radius 3 is 2.79 bits per heavy atom. The molecule has 8 heteroatoms. The lowest BCUT2D eigenvalue weighted by molar-refractivity contribution is -0.141. The van der Waals surface area contributed by atoms with Gasteiger partial charge in [0.2, 0.25) is 0 Å². The SMILES string of the molecule is CCC(C(=O)O)n1c2c(c3cc(F)cc(Cl)c31)CC(NC(=O)COc1ccccc1C)CC2. The summed E-state index contributed by atoms with van der Waals surface area (Å²) in [6.45, 7) is 3.61. The molecule has 0 radical (unpaired) electrons. The fourth-order valence-electron chi connectivity index (χ4n) is 4.70. The maximum atomic E-state index is 14.2. The first-order chi connectivity index (χ1) is 15.8. The summed E-state index contributed by atoms with van der Waals surface area (Å²) in [5.41, 5.74) is 3.16. The molecule has 4 rings (SSSR count). The van der Waals surface area contributed by atoms with Crippen molar-refractivity contribution in [3.63, 3.8) is 0 Å². The Kier molecular flexibility index (Phi) is 6.61. The number of carboxylic acids is 1. The molecule has 1 aliphatic carbocycles. The van der Waals surface area contributed by atoms with Gasteiger partial charge in [-0.15, -0.1) is 0 Å². The van der Waals surface area contributed by atoms with Crippen LogP contribution in [0.25, 0.3) is 10.9 Å². The molecule has 2 atom stereocenters. The standard InChI is InChI=1S/C25H26ClFN2O4/c1-3-20(25(31)32)29-21-9-8-16(12-17(21)18-10-15(27)11-19(26)24(18)29)28-23(30)13-33-22-7-5-4-6-14(22)2/h4-7,10-11,16,20H,3,8-9,12-13H2,1-2H3,(H,28,30)(H,31,32). The largest absolute Gasteiger partial charge is 0.484 e. The van der Waals surface area contributed by atoms with Crippen molar-refractivity contribution in [2.24, 2.45) is 0 Å². The molecule has 2 aromatic carbocycles. The number of aliphatic carboxylic acids is 1. The molecule has 1 heterocycles. The number of carboxylic acid groups (broad SMARTS) is 1. The van der Waals surface area contributed by atoms with Crippen LogP contribution < -0.4 is 10.1 Å². The number of carbonyl (C=O) groups excluding carboxylic acids is 1. The van der Waals surface area contributed by atoms with Crippen molar-refractivity contribution in [1.29, 1.82) is 0 Å². The Bertz CT molecular complexity index is 1220. The fraction of sp³-hybridized carbons (Fsp3) is 0.360. The van der Waals surface area contributed by atoms with Crippen LogP contribution >= 0.6 is 11.6 Å². The van der Waals surface area contributed by atoms with E-state index in [-0.39, 0.29) is 23.6 Å². The van der Waals surface area contributed by atoms with Crippen molar-refractivity contribution in [3.8, 4) is 5.75 Å². The monoisotopic (exact) mass is 472 g/mol. The van der Waals surface area contributed by atoms with Crippen LogP contribution in [-0.2, 0) is 22.4 Å². The average Bonchev–Trinajstić information content (AvgIpc) is 3.07. The summed E-state index contributed by atoms with van der Waals surface area (Å²) in [6, 6.07) is 9.12. The van der Waals surface area contributed by atoms with Crippen LogP contribution in [0.2, 0.25) is 5.02 Å². The van der Waals surface area contributed by atoms with Crippen LogP contribution in [0.15, 0.2) is 36.4 Å². The first-order valence-corrected chi connectivity index (χ1v) is 11.4. The van der Waals surface area contributed by atoms with E-state index in [0.29, 0.717) is 42.3 Å². The van der Waals surface area contributed by atoms with E-state index >= 15 is 0 Å². The molecule has 33 heavy (non-hydrogen) atoms. The van der Waals surface area contributed by atoms with Gasteiger partial charge >= 0.3 is 5.97 Å². The number of fused-ring (bicyclic) bond motifs is 3. The number of halogens is 2. The van der Waals surface area contributed by atoms with Crippen LogP contribution in [0.5, 0.6) is 5.75 Å². The Hall–Kier alpha value is -3.06. The minimum absolute atomic E-state index is 0.104. The number of carbonyl (C=O) groups is 2. The van der Waals surface area contributed by atoms with Gasteiger partial charge in [0.15, 0.2) is 6.61 Å². The maximum Gasteiger partial charge on any atom is 0.326 e. The van der Waals surface area contributed by atoms with Crippen LogP contribution in [0, 0.1) is 12.7 Å². The van der Waals surface area contributed by atoms with E-state index in [0.717, 1.165) is 16.8 Å². The fourth-order valence-corrected chi connectivity index (χ4v) is 5.00. The van der Waals surface area contributed by atoms with Gasteiger partial charge in [-0.2, -0.15) is 0 Å². The van der Waals surface area contributed by atoms with E-state index < -0.39 is 17.8 Å². The molecule has 0 saturated heterocycles. The smallest absolute Gasteiger partial charge is 0.326 e. The minimum Gasteiger partial charge on any atom is -0.484 e. The van der Waals surface area contributed by atoms with E-state index in [4.69, 9.17) is 16.3 Å². The molecular weight excluding hydrogens is 447 g/mol. The quantitative estimate of drug-likeness (QED) is 0.516. The molecule has 0 saturated carbocycles. The zero-order valence-corrected chi connectivity index (χ0v) is 19.3. The number of aromatic nitrogens is 1. The Labute approximate surface area is 196 Å². The predicted molar refractivity (Wildman–Crippen MR) is 124 cm³/mol. The summed E-state index contributed by atoms with van der Waals surface area (Å²) in [7, 11) is 0. The number of hydrogen-bond donors (Lipinski definition) is 2. The van der Waals surface area contributed by atoms with Gasteiger partial charge in [-0.3, -0.25) is 4.79 Å². The van der Waals surface area contributed by atoms with Gasteiger partial charge in [0, 0.05) is 17.1 Å². The second-order valence-electron chi connectivity index (χ2n) is 8.40. The van der Waals surface area contributed by atoms with Crippen LogP contribution in [0.4, 0.5) is 4.39 Å². The van der Waals surface area contributed by atoms with Crippen LogP contribution in [0.1, 0.15) is 42.6 Å². The third-order valence-electron chi connectivity index (χ3n) is 6.21. The second-order valence-corrected chi connectivity index (χ2v) is 8.81. The summed E-state index contributed by atoms with van der Waals surface area (Å²) < 4.78 is 21.6. The lowest BCUT2D eigenvalue weighted by Gasteiger charge is -2.26. The molecule has 0 bridgehead atoms. The highest BCUT2D eigenvalue weighted by atomic mass is 35.5. The van der Waals surface area contributed by atoms with E-state index in [2.05, 4.69) is 5.32 Å². The molecule has 3 aromatic rings. The minimum atomic E-state index is -0.957. The van der Waals surface area contributed by atoms with Crippen molar-refractivity contribution >= 4 is 34.4 Å². The molecule has 2 unspecified atom stereocenters. The van der Waals surface area contributed by atoms with Crippen molar-refractivity contribution in [1.82, 2.24) is 9.88 Å². The summed E-state index contributed by atoms with van der Waals surface area (Å²) in [5, 5.41) is 13.6. The van der Waals surface area contributed by atoms with E-state index in [1.54, 1.807) is 11.5 Å². The number of para-hydroxylation sites is 1. The molecule has 1 aliphatic rings. The first kappa shape index (κ1) is 23.1. The third kappa shape index (κ3) is 4.55. The van der Waals surface area contributed by atoms with Crippen molar-refractivity contribution < 1.29 is 23.8 Å². The van der Waals surface area contributed by atoms with Gasteiger partial charge < -0.3 is 19.7 Å². The molecule has 6 nitrogen and oxygen atoms in total. The number of benzene rings is 2. The maximum absolute atomic E-state index is 14.2. The third-order valence-corrected chi connectivity index (χ3v) is 6.50. The first-order valence-electron chi connectivity index (χ1n) is 11.0. The molecule has 1 aromatic heterocycles. The Morgan fingerprint density at radius 2 is 2.09 bits per heavy atom. The van der Waals surface area contributed by atoms with Gasteiger partial charge in [-0.1, -0.05) is 36.7 Å². The molecule has 174 valence electrons. The molecule has 2 N–H and O–H groups in total. The molecule has 1 amide bonds. The number of amides is 1. The normalized spacial score (nSPS) is 16.3. The van der Waals surface area contributed by atoms with Gasteiger partial charge in [0.05, 0.1) is 10.5 Å². The van der Waals surface area contributed by atoms with E-state index in [9.17, 15) is 19.1 Å². The lowest BCUT2D eigenvalue weighted by atomic mass is 9.91.